The number of benzene rings is 5. The first-order chi connectivity index (χ1) is 20.9. The molecule has 4 heterocycles. The van der Waals surface area contributed by atoms with Gasteiger partial charge in [-0.05, 0) is 56.0 Å². The second kappa shape index (κ2) is 8.84. The molecule has 0 amide bonds. The molecule has 0 atom stereocenters. The molecule has 9 rings (SSSR count). The summed E-state index contributed by atoms with van der Waals surface area (Å²) in [5.41, 5.74) is 6.21. The monoisotopic (exact) mass is 551 g/mol. The Labute approximate surface area is 244 Å². The summed E-state index contributed by atoms with van der Waals surface area (Å²) in [7, 11) is -2.75. The van der Waals surface area contributed by atoms with Gasteiger partial charge >= 0.3 is 0 Å². The zero-order valence-electron chi connectivity index (χ0n) is 22.8. The highest BCUT2D eigenvalue weighted by Crippen LogP contribution is 2.44. The fraction of sp³-hybridized carbons (Fsp3) is 0. The molecule has 196 valence electrons. The van der Waals surface area contributed by atoms with Crippen molar-refractivity contribution in [1.82, 2.24) is 14.5 Å². The number of pyridine rings is 2. The molecule has 5 aromatic carbocycles. The molecule has 3 nitrogen and oxygen atoms in total. The van der Waals surface area contributed by atoms with Crippen molar-refractivity contribution in [2.24, 2.45) is 0 Å². The second-order valence-electron chi connectivity index (χ2n) is 11.0. The van der Waals surface area contributed by atoms with Gasteiger partial charge in [0.2, 0.25) is 0 Å². The number of hydrogen-bond acceptors (Lipinski definition) is 2. The van der Waals surface area contributed by atoms with Crippen LogP contribution in [0.25, 0.3) is 49.4 Å². The van der Waals surface area contributed by atoms with Crippen LogP contribution in [0.15, 0.2) is 152 Å². The lowest BCUT2D eigenvalue weighted by atomic mass is 9.97. The molecule has 0 saturated carbocycles. The Morgan fingerprint density at radius 1 is 0.524 bits per heavy atom. The quantitative estimate of drug-likeness (QED) is 0.249. The lowest BCUT2D eigenvalue weighted by molar-refractivity contribution is 1.16. The normalized spacial score (nSPS) is 13.4. The number of fused-ring (bicyclic) bond motifs is 10. The van der Waals surface area contributed by atoms with Gasteiger partial charge in [0, 0.05) is 52.2 Å². The van der Waals surface area contributed by atoms with Crippen LogP contribution in [0.5, 0.6) is 0 Å². The van der Waals surface area contributed by atoms with Crippen LogP contribution < -0.4 is 20.7 Å². The van der Waals surface area contributed by atoms with Gasteiger partial charge < -0.3 is 4.57 Å². The highest BCUT2D eigenvalue weighted by Gasteiger charge is 2.50. The maximum Gasteiger partial charge on any atom is 0.181 e. The van der Waals surface area contributed by atoms with Gasteiger partial charge in [0.25, 0.3) is 0 Å². The van der Waals surface area contributed by atoms with Gasteiger partial charge in [0.1, 0.15) is 0 Å². The van der Waals surface area contributed by atoms with Crippen LogP contribution in [0.4, 0.5) is 0 Å². The summed E-state index contributed by atoms with van der Waals surface area (Å²) in [6, 6.07) is 46.8. The van der Waals surface area contributed by atoms with Crippen molar-refractivity contribution >= 4 is 61.4 Å². The second-order valence-corrected chi connectivity index (χ2v) is 14.7. The van der Waals surface area contributed by atoms with E-state index >= 15 is 0 Å². The largest absolute Gasteiger partial charge is 0.308 e. The molecule has 8 aromatic rings. The van der Waals surface area contributed by atoms with Crippen molar-refractivity contribution in [3.63, 3.8) is 0 Å². The van der Waals surface area contributed by atoms with Crippen LogP contribution in [0.1, 0.15) is 0 Å². The Balaban J connectivity index is 1.63. The van der Waals surface area contributed by atoms with Crippen molar-refractivity contribution in [2.75, 3.05) is 0 Å². The van der Waals surface area contributed by atoms with Crippen LogP contribution in [0, 0.1) is 0 Å². The topological polar surface area (TPSA) is 30.7 Å². The van der Waals surface area contributed by atoms with E-state index in [0.29, 0.717) is 0 Å². The van der Waals surface area contributed by atoms with Crippen molar-refractivity contribution in [3.05, 3.63) is 152 Å². The zero-order valence-corrected chi connectivity index (χ0v) is 23.8. The summed E-state index contributed by atoms with van der Waals surface area (Å²) >= 11 is 0. The van der Waals surface area contributed by atoms with Gasteiger partial charge in [-0.3, -0.25) is 9.97 Å². The molecule has 0 spiro atoms. The third-order valence-corrected chi connectivity index (χ3v) is 13.9. The first-order valence-electron chi connectivity index (χ1n) is 14.3. The molecule has 1 aliphatic heterocycles. The van der Waals surface area contributed by atoms with Crippen molar-refractivity contribution in [1.29, 1.82) is 0 Å². The predicted molar refractivity (Wildman–Crippen MR) is 176 cm³/mol. The lowest BCUT2D eigenvalue weighted by Crippen LogP contribution is -2.73. The van der Waals surface area contributed by atoms with E-state index < -0.39 is 8.07 Å². The minimum atomic E-state index is -2.75. The minimum absolute atomic E-state index is 1.11. The Kier molecular flexibility index (Phi) is 4.92. The van der Waals surface area contributed by atoms with Crippen LogP contribution in [-0.2, 0) is 0 Å². The summed E-state index contributed by atoms with van der Waals surface area (Å²) in [6.45, 7) is 0. The summed E-state index contributed by atoms with van der Waals surface area (Å²) in [4.78, 5) is 9.13. The number of aromatic nitrogens is 3. The molecular formula is C38H25N3Si. The zero-order chi connectivity index (χ0) is 27.7. The van der Waals surface area contributed by atoms with Gasteiger partial charge in [-0.15, -0.1) is 0 Å². The first kappa shape index (κ1) is 23.4. The average molecular weight is 552 g/mol. The summed E-state index contributed by atoms with van der Waals surface area (Å²) in [5, 5.41) is 10.7. The van der Waals surface area contributed by atoms with E-state index in [1.807, 2.05) is 18.6 Å². The summed E-state index contributed by atoms with van der Waals surface area (Å²) < 4.78 is 2.46. The standard InChI is InChI=1S/C38H25N3Si/c1-3-11-27(12-4-1)42(28-13-5-2-6-14-28)34-18-10-8-16-31(34)36-37-35(29-21-24-40-25-32(29)38(36)42)30-15-7-9-17-33(30)41(37)26-19-22-39-23-20-26/h1-25H. The van der Waals surface area contributed by atoms with Crippen LogP contribution >= 0.6 is 0 Å². The maximum atomic E-state index is 4.77. The molecule has 3 aromatic heterocycles. The van der Waals surface area contributed by atoms with Crippen LogP contribution in [-0.4, -0.2) is 22.6 Å². The van der Waals surface area contributed by atoms with E-state index in [0.717, 1.165) is 5.69 Å². The lowest BCUT2D eigenvalue weighted by Gasteiger charge is -2.32. The van der Waals surface area contributed by atoms with E-state index in [1.54, 1.807) is 0 Å². The SMILES string of the molecule is c1ccc([Si]2(c3ccccc3)c3ccccc3-c3c2c2cnccc2c2c4ccccc4n(-c4ccncc4)c32)cc1. The molecule has 0 aliphatic carbocycles. The third kappa shape index (κ3) is 2.94. The van der Waals surface area contributed by atoms with Crippen LogP contribution in [0.2, 0.25) is 0 Å². The fourth-order valence-electron chi connectivity index (χ4n) is 7.53. The summed E-state index contributed by atoms with van der Waals surface area (Å²) in [5.74, 6) is 0. The highest BCUT2D eigenvalue weighted by atomic mass is 28.3. The van der Waals surface area contributed by atoms with E-state index in [4.69, 9.17) is 4.98 Å². The molecular weight excluding hydrogens is 527 g/mol. The Hall–Kier alpha value is -5.32. The average Bonchev–Trinajstić information content (AvgIpc) is 3.58. The van der Waals surface area contributed by atoms with E-state index in [-0.39, 0.29) is 0 Å². The Bertz CT molecular complexity index is 2250. The van der Waals surface area contributed by atoms with Crippen molar-refractivity contribution in [3.8, 4) is 16.8 Å². The molecule has 0 radical (unpaired) electrons. The minimum Gasteiger partial charge on any atom is -0.308 e. The Morgan fingerprint density at radius 2 is 1.17 bits per heavy atom. The fourth-order valence-corrected chi connectivity index (χ4v) is 12.9. The molecule has 1 aliphatic rings. The van der Waals surface area contributed by atoms with E-state index in [9.17, 15) is 0 Å². The molecule has 0 N–H and O–H groups in total. The van der Waals surface area contributed by atoms with E-state index in [2.05, 4.69) is 143 Å². The number of nitrogens with zero attached hydrogens (tertiary/aromatic N) is 3. The molecule has 4 heteroatoms. The predicted octanol–water partition coefficient (Wildman–Crippen LogP) is 6.08. The van der Waals surface area contributed by atoms with Gasteiger partial charge in [0.15, 0.2) is 8.07 Å². The number of rotatable bonds is 3. The highest BCUT2D eigenvalue weighted by molar-refractivity contribution is 7.23. The van der Waals surface area contributed by atoms with Crippen molar-refractivity contribution < 1.29 is 0 Å². The van der Waals surface area contributed by atoms with Gasteiger partial charge in [-0.25, -0.2) is 0 Å². The maximum absolute atomic E-state index is 4.77. The molecule has 0 fully saturated rings. The van der Waals surface area contributed by atoms with Crippen LogP contribution in [0.3, 0.4) is 0 Å². The third-order valence-electron chi connectivity index (χ3n) is 9.03. The Morgan fingerprint density at radius 3 is 1.93 bits per heavy atom. The number of hydrogen-bond donors (Lipinski definition) is 0. The molecule has 0 unspecified atom stereocenters. The smallest absolute Gasteiger partial charge is 0.181 e. The van der Waals surface area contributed by atoms with E-state index in [1.165, 1.54) is 64.5 Å². The van der Waals surface area contributed by atoms with Gasteiger partial charge in [0.05, 0.1) is 11.0 Å². The van der Waals surface area contributed by atoms with Crippen molar-refractivity contribution in [2.45, 2.75) is 0 Å². The molecule has 0 saturated heterocycles. The summed E-state index contributed by atoms with van der Waals surface area (Å²) in [6.07, 6.45) is 7.85. The molecule has 0 bridgehead atoms. The number of para-hydroxylation sites is 1. The first-order valence-corrected chi connectivity index (χ1v) is 16.3. The van der Waals surface area contributed by atoms with Gasteiger partial charge in [-0.2, -0.15) is 0 Å². The van der Waals surface area contributed by atoms with Gasteiger partial charge in [-0.1, -0.05) is 103 Å². The molecule has 42 heavy (non-hydrogen) atoms.